The maximum atomic E-state index is 12.9. The SMILES string of the molecule is N=C(C(=O)NN)c1ncc(C(F)(F)F)cc1NCc1ccc(Cl)cc1Cl. The van der Waals surface area contributed by atoms with Crippen molar-refractivity contribution < 1.29 is 18.0 Å². The van der Waals surface area contributed by atoms with E-state index >= 15 is 0 Å². The summed E-state index contributed by atoms with van der Waals surface area (Å²) in [7, 11) is 0. The number of nitrogens with zero attached hydrogens (tertiary/aromatic N) is 1. The van der Waals surface area contributed by atoms with E-state index < -0.39 is 23.4 Å². The maximum Gasteiger partial charge on any atom is 0.417 e. The summed E-state index contributed by atoms with van der Waals surface area (Å²) in [4.78, 5) is 15.1. The third-order valence-electron chi connectivity index (χ3n) is 3.29. The molecule has 1 aromatic heterocycles. The minimum atomic E-state index is -4.64. The molecule has 0 fully saturated rings. The Morgan fingerprint density at radius 1 is 1.27 bits per heavy atom. The van der Waals surface area contributed by atoms with Gasteiger partial charge in [0, 0.05) is 22.8 Å². The summed E-state index contributed by atoms with van der Waals surface area (Å²) < 4.78 is 38.8. The second kappa shape index (κ2) is 7.90. The molecule has 0 aliphatic carbocycles. The fourth-order valence-electron chi connectivity index (χ4n) is 1.99. The summed E-state index contributed by atoms with van der Waals surface area (Å²) in [5.74, 6) is 3.96. The predicted octanol–water partition coefficient (Wildman–Crippen LogP) is 3.38. The number of rotatable bonds is 5. The van der Waals surface area contributed by atoms with Gasteiger partial charge in [-0.05, 0) is 23.8 Å². The number of hydrazine groups is 1. The van der Waals surface area contributed by atoms with Gasteiger partial charge in [-0.1, -0.05) is 29.3 Å². The highest BCUT2D eigenvalue weighted by molar-refractivity contribution is 6.44. The largest absolute Gasteiger partial charge is 0.417 e. The predicted molar refractivity (Wildman–Crippen MR) is 92.2 cm³/mol. The molecule has 138 valence electrons. The number of halogens is 5. The van der Waals surface area contributed by atoms with Gasteiger partial charge in [-0.25, -0.2) is 5.84 Å². The quantitative estimate of drug-likeness (QED) is 0.265. The summed E-state index contributed by atoms with van der Waals surface area (Å²) in [5, 5.41) is 11.2. The molecule has 0 radical (unpaired) electrons. The average Bonchev–Trinajstić information content (AvgIpc) is 2.58. The number of hydrogen-bond donors (Lipinski definition) is 4. The summed E-state index contributed by atoms with van der Waals surface area (Å²) in [6.45, 7) is 0.0174. The molecule has 26 heavy (non-hydrogen) atoms. The van der Waals surface area contributed by atoms with Crippen molar-refractivity contribution in [2.75, 3.05) is 5.32 Å². The lowest BCUT2D eigenvalue weighted by molar-refractivity contribution is -0.137. The van der Waals surface area contributed by atoms with Crippen LogP contribution in [0.1, 0.15) is 16.8 Å². The summed E-state index contributed by atoms with van der Waals surface area (Å²) in [6.07, 6.45) is -4.10. The number of anilines is 1. The third-order valence-corrected chi connectivity index (χ3v) is 3.88. The minimum Gasteiger partial charge on any atom is -0.379 e. The monoisotopic (exact) mass is 405 g/mol. The van der Waals surface area contributed by atoms with Gasteiger partial charge in [-0.3, -0.25) is 20.6 Å². The van der Waals surface area contributed by atoms with Crippen LogP contribution in [-0.4, -0.2) is 16.6 Å². The number of nitrogens with two attached hydrogens (primary N) is 1. The molecular formula is C15H12Cl2F3N5O. The van der Waals surface area contributed by atoms with Gasteiger partial charge in [0.05, 0.1) is 11.3 Å². The third kappa shape index (κ3) is 4.63. The zero-order valence-corrected chi connectivity index (χ0v) is 14.4. The van der Waals surface area contributed by atoms with Crippen LogP contribution in [0.4, 0.5) is 18.9 Å². The highest BCUT2D eigenvalue weighted by Gasteiger charge is 2.32. The molecular weight excluding hydrogens is 394 g/mol. The molecule has 0 aliphatic heterocycles. The molecule has 0 saturated heterocycles. The van der Waals surface area contributed by atoms with E-state index in [1.165, 1.54) is 6.07 Å². The number of aromatic nitrogens is 1. The molecule has 11 heteroatoms. The molecule has 0 atom stereocenters. The zero-order valence-electron chi connectivity index (χ0n) is 12.9. The van der Waals surface area contributed by atoms with Crippen molar-refractivity contribution >= 4 is 40.5 Å². The van der Waals surface area contributed by atoms with E-state index in [4.69, 9.17) is 34.5 Å². The van der Waals surface area contributed by atoms with Crippen molar-refractivity contribution in [3.8, 4) is 0 Å². The van der Waals surface area contributed by atoms with Gasteiger partial charge in [-0.2, -0.15) is 13.2 Å². The molecule has 1 heterocycles. The first-order valence-corrected chi connectivity index (χ1v) is 7.74. The summed E-state index contributed by atoms with van der Waals surface area (Å²) in [6, 6.07) is 5.40. The zero-order chi connectivity index (χ0) is 19.5. The van der Waals surface area contributed by atoms with E-state index in [-0.39, 0.29) is 17.9 Å². The van der Waals surface area contributed by atoms with Gasteiger partial charge >= 0.3 is 6.18 Å². The van der Waals surface area contributed by atoms with Crippen molar-refractivity contribution in [3.63, 3.8) is 0 Å². The molecule has 1 aromatic carbocycles. The average molecular weight is 406 g/mol. The summed E-state index contributed by atoms with van der Waals surface area (Å²) in [5.41, 5.74) is 0.108. The number of carbonyl (C=O) groups is 1. The number of alkyl halides is 3. The lowest BCUT2D eigenvalue weighted by Gasteiger charge is -2.15. The maximum absolute atomic E-state index is 12.9. The first kappa shape index (κ1) is 20.0. The Hall–Kier alpha value is -2.36. The van der Waals surface area contributed by atoms with E-state index in [9.17, 15) is 18.0 Å². The molecule has 0 aliphatic rings. The Bertz CT molecular complexity index is 858. The van der Waals surface area contributed by atoms with Gasteiger partial charge in [-0.15, -0.1) is 0 Å². The Morgan fingerprint density at radius 2 is 1.96 bits per heavy atom. The van der Waals surface area contributed by atoms with Crippen LogP contribution in [0.5, 0.6) is 0 Å². The van der Waals surface area contributed by atoms with Crippen LogP contribution in [0, 0.1) is 5.41 Å². The molecule has 0 bridgehead atoms. The van der Waals surface area contributed by atoms with Crippen molar-refractivity contribution in [1.29, 1.82) is 5.41 Å². The second-order valence-corrected chi connectivity index (χ2v) is 5.90. The van der Waals surface area contributed by atoms with Crippen LogP contribution in [0.25, 0.3) is 0 Å². The van der Waals surface area contributed by atoms with E-state index in [0.717, 1.165) is 6.07 Å². The minimum absolute atomic E-state index is 0.0174. The standard InChI is InChI=1S/C15H12Cl2F3N5O/c16-9-2-1-7(10(17)4-9)5-23-11-3-8(15(18,19)20)6-24-13(11)12(21)14(26)25-22/h1-4,6,21,23H,5,22H2,(H,25,26). The molecule has 0 spiro atoms. The van der Waals surface area contributed by atoms with Crippen molar-refractivity contribution in [2.45, 2.75) is 12.7 Å². The highest BCUT2D eigenvalue weighted by Crippen LogP contribution is 2.32. The Morgan fingerprint density at radius 3 is 2.54 bits per heavy atom. The van der Waals surface area contributed by atoms with Crippen molar-refractivity contribution in [1.82, 2.24) is 10.4 Å². The molecule has 1 amide bonds. The number of hydrogen-bond acceptors (Lipinski definition) is 5. The van der Waals surface area contributed by atoms with Gasteiger partial charge in [0.25, 0.3) is 5.91 Å². The number of carbonyl (C=O) groups excluding carboxylic acids is 1. The van der Waals surface area contributed by atoms with Gasteiger partial charge in [0.15, 0.2) is 0 Å². The number of benzene rings is 1. The van der Waals surface area contributed by atoms with Crippen LogP contribution >= 0.6 is 23.2 Å². The molecule has 2 rings (SSSR count). The Labute approximate surface area is 156 Å². The van der Waals surface area contributed by atoms with Gasteiger partial charge in [0.1, 0.15) is 11.4 Å². The van der Waals surface area contributed by atoms with Crippen LogP contribution in [0.2, 0.25) is 10.0 Å². The topological polar surface area (TPSA) is 104 Å². The van der Waals surface area contributed by atoms with Gasteiger partial charge in [0.2, 0.25) is 0 Å². The van der Waals surface area contributed by atoms with E-state index in [0.29, 0.717) is 21.8 Å². The molecule has 5 N–H and O–H groups in total. The fraction of sp³-hybridized carbons (Fsp3) is 0.133. The molecule has 0 saturated carbocycles. The number of pyridine rings is 1. The number of nitrogens with one attached hydrogen (secondary N) is 3. The Balaban J connectivity index is 2.39. The number of amides is 1. The van der Waals surface area contributed by atoms with E-state index in [1.54, 1.807) is 17.6 Å². The normalized spacial score (nSPS) is 11.2. The van der Waals surface area contributed by atoms with Crippen LogP contribution in [0.15, 0.2) is 30.5 Å². The van der Waals surface area contributed by atoms with Crippen LogP contribution in [-0.2, 0) is 17.5 Å². The molecule has 2 aromatic rings. The Kier molecular flexibility index (Phi) is 6.06. The first-order valence-electron chi connectivity index (χ1n) is 6.98. The van der Waals surface area contributed by atoms with Crippen LogP contribution in [0.3, 0.4) is 0 Å². The first-order chi connectivity index (χ1) is 12.1. The lowest BCUT2D eigenvalue weighted by atomic mass is 10.1. The second-order valence-electron chi connectivity index (χ2n) is 5.06. The summed E-state index contributed by atoms with van der Waals surface area (Å²) >= 11 is 11.8. The van der Waals surface area contributed by atoms with E-state index in [2.05, 4.69) is 10.3 Å². The fourth-order valence-corrected chi connectivity index (χ4v) is 2.46. The smallest absolute Gasteiger partial charge is 0.379 e. The van der Waals surface area contributed by atoms with Crippen LogP contribution < -0.4 is 16.6 Å². The van der Waals surface area contributed by atoms with Gasteiger partial charge < -0.3 is 5.32 Å². The lowest BCUT2D eigenvalue weighted by Crippen LogP contribution is -2.37. The van der Waals surface area contributed by atoms with E-state index in [1.807, 2.05) is 0 Å². The van der Waals surface area contributed by atoms with Crippen molar-refractivity contribution in [2.24, 2.45) is 5.84 Å². The molecule has 6 nitrogen and oxygen atoms in total. The highest BCUT2D eigenvalue weighted by atomic mass is 35.5. The molecule has 0 unspecified atom stereocenters. The van der Waals surface area contributed by atoms with Crippen molar-refractivity contribution in [3.05, 3.63) is 57.3 Å².